The van der Waals surface area contributed by atoms with E-state index in [1.165, 1.54) is 6.07 Å². The fourth-order valence-corrected chi connectivity index (χ4v) is 2.49. The number of esters is 1. The second kappa shape index (κ2) is 6.99. The van der Waals surface area contributed by atoms with Gasteiger partial charge in [-0.15, -0.1) is 0 Å². The molecule has 0 unspecified atom stereocenters. The van der Waals surface area contributed by atoms with Crippen molar-refractivity contribution in [1.29, 1.82) is 0 Å². The largest absolute Gasteiger partial charge is 0.462 e. The lowest BCUT2D eigenvalue weighted by molar-refractivity contribution is 0.0525. The van der Waals surface area contributed by atoms with Crippen LogP contribution in [0.5, 0.6) is 0 Å². The molecule has 0 fully saturated rings. The molecule has 116 valence electrons. The zero-order chi connectivity index (χ0) is 16.3. The fraction of sp³-hybridized carbons (Fsp3) is 0.250. The van der Waals surface area contributed by atoms with Gasteiger partial charge in [-0.2, -0.15) is 0 Å². The van der Waals surface area contributed by atoms with Crippen LogP contribution < -0.4 is 5.43 Å². The van der Waals surface area contributed by atoms with E-state index in [1.807, 2.05) is 6.92 Å². The average Bonchev–Trinajstić information content (AvgIpc) is 2.50. The van der Waals surface area contributed by atoms with Gasteiger partial charge in [0.2, 0.25) is 0 Å². The van der Waals surface area contributed by atoms with Gasteiger partial charge in [-0.25, -0.2) is 4.79 Å². The van der Waals surface area contributed by atoms with Crippen LogP contribution in [0.25, 0.3) is 11.3 Å². The van der Waals surface area contributed by atoms with Gasteiger partial charge >= 0.3 is 5.97 Å². The smallest absolute Gasteiger partial charge is 0.344 e. The number of benzene rings is 1. The number of rotatable bonds is 4. The highest BCUT2D eigenvalue weighted by molar-refractivity contribution is 6.42. The molecule has 0 saturated heterocycles. The van der Waals surface area contributed by atoms with Gasteiger partial charge in [0.15, 0.2) is 5.43 Å². The van der Waals surface area contributed by atoms with Crippen LogP contribution in [0.15, 0.2) is 35.3 Å². The summed E-state index contributed by atoms with van der Waals surface area (Å²) in [6.07, 6.45) is 1.64. The number of aryl methyl sites for hydroxylation is 1. The summed E-state index contributed by atoms with van der Waals surface area (Å²) in [5.74, 6) is -0.642. The van der Waals surface area contributed by atoms with E-state index in [0.717, 1.165) is 0 Å². The maximum atomic E-state index is 12.2. The summed E-state index contributed by atoms with van der Waals surface area (Å²) in [7, 11) is 0. The van der Waals surface area contributed by atoms with Crippen LogP contribution in [-0.2, 0) is 11.3 Å². The number of ether oxygens (including phenoxy) is 1. The van der Waals surface area contributed by atoms with Gasteiger partial charge in [0.25, 0.3) is 0 Å². The molecule has 0 aliphatic heterocycles. The summed E-state index contributed by atoms with van der Waals surface area (Å²) in [6.45, 7) is 4.39. The first kappa shape index (κ1) is 16.6. The first-order valence-corrected chi connectivity index (χ1v) is 7.61. The van der Waals surface area contributed by atoms with Crippen molar-refractivity contribution in [1.82, 2.24) is 4.57 Å². The minimum Gasteiger partial charge on any atom is -0.462 e. The molecule has 1 heterocycles. The molecule has 0 saturated carbocycles. The van der Waals surface area contributed by atoms with E-state index in [0.29, 0.717) is 27.8 Å². The number of carbonyl (C=O) groups excluding carboxylic acids is 1. The molecule has 0 radical (unpaired) electrons. The van der Waals surface area contributed by atoms with E-state index in [9.17, 15) is 9.59 Å². The second-order valence-corrected chi connectivity index (χ2v) is 5.35. The highest BCUT2D eigenvalue weighted by atomic mass is 35.5. The third-order valence-corrected chi connectivity index (χ3v) is 3.93. The Morgan fingerprint density at radius 1 is 1.18 bits per heavy atom. The molecule has 6 heteroatoms. The monoisotopic (exact) mass is 339 g/mol. The Morgan fingerprint density at radius 3 is 2.50 bits per heavy atom. The molecular weight excluding hydrogens is 325 g/mol. The second-order valence-electron chi connectivity index (χ2n) is 4.54. The van der Waals surface area contributed by atoms with Crippen LogP contribution in [0.1, 0.15) is 24.2 Å². The highest BCUT2D eigenvalue weighted by Gasteiger charge is 2.21. The van der Waals surface area contributed by atoms with Gasteiger partial charge in [-0.05, 0) is 26.0 Å². The highest BCUT2D eigenvalue weighted by Crippen LogP contribution is 2.30. The van der Waals surface area contributed by atoms with E-state index in [2.05, 4.69) is 0 Å². The summed E-state index contributed by atoms with van der Waals surface area (Å²) in [5, 5.41) is 0.761. The normalized spacial score (nSPS) is 10.5. The van der Waals surface area contributed by atoms with Gasteiger partial charge < -0.3 is 9.30 Å². The maximum absolute atomic E-state index is 12.2. The summed E-state index contributed by atoms with van der Waals surface area (Å²) in [6, 6.07) is 6.34. The Hall–Kier alpha value is -1.78. The molecule has 2 aromatic rings. The predicted octanol–water partition coefficient (Wildman–Crippen LogP) is 4.02. The quantitative estimate of drug-likeness (QED) is 0.790. The van der Waals surface area contributed by atoms with Crippen LogP contribution in [0.3, 0.4) is 0 Å². The number of hydrogen-bond donors (Lipinski definition) is 0. The lowest BCUT2D eigenvalue weighted by Gasteiger charge is -2.16. The minimum atomic E-state index is -0.642. The van der Waals surface area contributed by atoms with E-state index in [1.54, 1.807) is 35.9 Å². The van der Waals surface area contributed by atoms with Crippen molar-refractivity contribution in [2.45, 2.75) is 20.4 Å². The van der Waals surface area contributed by atoms with E-state index in [4.69, 9.17) is 27.9 Å². The Labute approximate surface area is 138 Å². The lowest BCUT2D eigenvalue weighted by atomic mass is 10.0. The van der Waals surface area contributed by atoms with Crippen LogP contribution >= 0.6 is 23.2 Å². The first-order valence-electron chi connectivity index (χ1n) is 6.85. The number of hydrogen-bond acceptors (Lipinski definition) is 3. The van der Waals surface area contributed by atoms with E-state index >= 15 is 0 Å². The Bertz CT molecular complexity index is 768. The first-order chi connectivity index (χ1) is 10.5. The van der Waals surface area contributed by atoms with Gasteiger partial charge in [-0.1, -0.05) is 29.3 Å². The predicted molar refractivity (Wildman–Crippen MR) is 87.8 cm³/mol. The van der Waals surface area contributed by atoms with E-state index < -0.39 is 5.97 Å². The molecule has 1 aromatic heterocycles. The number of halogens is 2. The molecule has 0 atom stereocenters. The van der Waals surface area contributed by atoms with Gasteiger partial charge in [0, 0.05) is 24.4 Å². The van der Waals surface area contributed by atoms with Crippen molar-refractivity contribution in [2.75, 3.05) is 6.61 Å². The molecule has 0 bridgehead atoms. The number of pyridine rings is 1. The van der Waals surface area contributed by atoms with Gasteiger partial charge in [-0.3, -0.25) is 4.79 Å². The van der Waals surface area contributed by atoms with Crippen molar-refractivity contribution >= 4 is 29.2 Å². The van der Waals surface area contributed by atoms with Crippen LogP contribution in [0.4, 0.5) is 0 Å². The summed E-state index contributed by atoms with van der Waals surface area (Å²) < 4.78 is 6.81. The lowest BCUT2D eigenvalue weighted by Crippen LogP contribution is -2.22. The maximum Gasteiger partial charge on any atom is 0.344 e. The molecular formula is C16H15Cl2NO3. The van der Waals surface area contributed by atoms with E-state index in [-0.39, 0.29) is 17.6 Å². The van der Waals surface area contributed by atoms with Crippen molar-refractivity contribution in [3.8, 4) is 11.3 Å². The summed E-state index contributed by atoms with van der Waals surface area (Å²) in [4.78, 5) is 24.4. The Kier molecular flexibility index (Phi) is 5.27. The molecule has 0 N–H and O–H groups in total. The van der Waals surface area contributed by atoms with Crippen molar-refractivity contribution in [3.63, 3.8) is 0 Å². The molecule has 0 aliphatic rings. The molecule has 0 aliphatic carbocycles. The number of nitrogens with zero attached hydrogens (tertiary/aromatic N) is 1. The number of carbonyl (C=O) groups is 1. The van der Waals surface area contributed by atoms with Crippen LogP contribution in [0, 0.1) is 0 Å². The molecule has 22 heavy (non-hydrogen) atoms. The molecule has 1 aromatic carbocycles. The molecule has 0 spiro atoms. The SMILES string of the molecule is CCOC(=O)c1c(-c2ccc(Cl)c(Cl)c2)n(CC)ccc1=O. The topological polar surface area (TPSA) is 48.3 Å². The molecule has 0 amide bonds. The Balaban J connectivity index is 2.76. The minimum absolute atomic E-state index is 0.00425. The number of aromatic nitrogens is 1. The third kappa shape index (κ3) is 3.18. The molecule has 2 rings (SSSR count). The summed E-state index contributed by atoms with van der Waals surface area (Å²) >= 11 is 12.0. The zero-order valence-electron chi connectivity index (χ0n) is 12.2. The Morgan fingerprint density at radius 2 is 1.91 bits per heavy atom. The standard InChI is InChI=1S/C16H15Cl2NO3/c1-3-19-8-7-13(20)14(16(21)22-4-2)15(19)10-5-6-11(17)12(18)9-10/h5-9H,3-4H2,1-2H3. The molecule has 4 nitrogen and oxygen atoms in total. The van der Waals surface area contributed by atoms with Crippen molar-refractivity contribution in [3.05, 3.63) is 56.3 Å². The van der Waals surface area contributed by atoms with Crippen LogP contribution in [0.2, 0.25) is 10.0 Å². The summed E-state index contributed by atoms with van der Waals surface area (Å²) in [5.41, 5.74) is 0.734. The third-order valence-electron chi connectivity index (χ3n) is 3.19. The van der Waals surface area contributed by atoms with Crippen molar-refractivity contribution in [2.24, 2.45) is 0 Å². The zero-order valence-corrected chi connectivity index (χ0v) is 13.7. The van der Waals surface area contributed by atoms with Gasteiger partial charge in [0.05, 0.1) is 22.3 Å². The van der Waals surface area contributed by atoms with Gasteiger partial charge in [0.1, 0.15) is 5.56 Å². The average molecular weight is 340 g/mol. The van der Waals surface area contributed by atoms with Crippen LogP contribution in [-0.4, -0.2) is 17.1 Å². The van der Waals surface area contributed by atoms with Crippen molar-refractivity contribution < 1.29 is 9.53 Å². The fourth-order valence-electron chi connectivity index (χ4n) is 2.19.